The van der Waals surface area contributed by atoms with Crippen molar-refractivity contribution < 1.29 is 28.5 Å². The highest BCUT2D eigenvalue weighted by Crippen LogP contribution is 2.24. The van der Waals surface area contributed by atoms with Gasteiger partial charge in [-0.25, -0.2) is 9.59 Å². The van der Waals surface area contributed by atoms with Crippen LogP contribution in [0.5, 0.6) is 0 Å². The first kappa shape index (κ1) is 22.5. The first-order chi connectivity index (χ1) is 14.3. The van der Waals surface area contributed by atoms with E-state index in [0.717, 1.165) is 6.07 Å². The largest absolute Gasteiger partial charge is 0.464 e. The second-order valence-electron chi connectivity index (χ2n) is 6.17. The molecule has 0 aliphatic rings. The number of ether oxygens (including phenoxy) is 1. The fourth-order valence-corrected chi connectivity index (χ4v) is 2.72. The third-order valence-corrected chi connectivity index (χ3v) is 4.09. The molecule has 2 N–H and O–H groups in total. The molecule has 0 aliphatic heterocycles. The average molecular weight is 419 g/mol. The first-order valence-corrected chi connectivity index (χ1v) is 9.23. The molecule has 0 saturated heterocycles. The minimum atomic E-state index is -1.17. The van der Waals surface area contributed by atoms with Gasteiger partial charge in [-0.1, -0.05) is 12.1 Å². The molecule has 1 heterocycles. The number of benzene rings is 1. The molecule has 0 fully saturated rings. The Bertz CT molecular complexity index is 1030. The highest BCUT2D eigenvalue weighted by molar-refractivity contribution is 5.99. The maximum atomic E-state index is 12.6. The summed E-state index contributed by atoms with van der Waals surface area (Å²) in [7, 11) is 0. The fraction of sp³-hybridized carbons (Fsp3) is 0.368. The molecule has 11 nitrogen and oxygen atoms in total. The zero-order chi connectivity index (χ0) is 22.3. The summed E-state index contributed by atoms with van der Waals surface area (Å²) in [6.45, 7) is 3.81. The van der Waals surface area contributed by atoms with Gasteiger partial charge in [0.1, 0.15) is 11.6 Å². The van der Waals surface area contributed by atoms with Crippen LogP contribution < -0.4 is 16.3 Å². The van der Waals surface area contributed by atoms with E-state index in [1.165, 1.54) is 18.2 Å². The molecule has 2 amide bonds. The maximum absolute atomic E-state index is 12.6. The Balaban J connectivity index is 2.29. The number of nitro groups is 1. The summed E-state index contributed by atoms with van der Waals surface area (Å²) in [6, 6.07) is 3.98. The van der Waals surface area contributed by atoms with E-state index in [0.29, 0.717) is 6.54 Å². The Hall–Kier alpha value is -3.76. The van der Waals surface area contributed by atoms with Crippen LogP contribution in [0.3, 0.4) is 0 Å². The highest BCUT2D eigenvalue weighted by Gasteiger charge is 2.26. The number of non-ortho nitro benzene ring substituents is 1. The predicted octanol–water partition coefficient (Wildman–Crippen LogP) is 1.28. The van der Waals surface area contributed by atoms with Crippen LogP contribution in [-0.4, -0.2) is 41.9 Å². The maximum Gasteiger partial charge on any atom is 0.349 e. The van der Waals surface area contributed by atoms with Crippen molar-refractivity contribution in [3.05, 3.63) is 50.4 Å². The van der Waals surface area contributed by atoms with E-state index >= 15 is 0 Å². The van der Waals surface area contributed by atoms with Crippen LogP contribution in [0, 0.1) is 10.1 Å². The van der Waals surface area contributed by atoms with Crippen molar-refractivity contribution in [1.29, 1.82) is 0 Å². The number of amides is 2. The highest BCUT2D eigenvalue weighted by atomic mass is 16.6. The lowest BCUT2D eigenvalue weighted by atomic mass is 10.1. The number of carbonyl (C=O) groups is 3. The summed E-state index contributed by atoms with van der Waals surface area (Å²) in [5, 5.41) is 16.2. The number of fused-ring (bicyclic) bond motifs is 1. The van der Waals surface area contributed by atoms with Crippen LogP contribution in [0.4, 0.5) is 5.69 Å². The summed E-state index contributed by atoms with van der Waals surface area (Å²) in [4.78, 5) is 59.1. The van der Waals surface area contributed by atoms with Crippen molar-refractivity contribution in [2.24, 2.45) is 0 Å². The van der Waals surface area contributed by atoms with Crippen LogP contribution in [-0.2, 0) is 14.3 Å². The van der Waals surface area contributed by atoms with E-state index in [2.05, 4.69) is 10.6 Å². The second kappa shape index (κ2) is 10.1. The zero-order valence-corrected chi connectivity index (χ0v) is 16.4. The van der Waals surface area contributed by atoms with Gasteiger partial charge in [0.15, 0.2) is 0 Å². The number of carbonyl (C=O) groups excluding carboxylic acids is 3. The van der Waals surface area contributed by atoms with Gasteiger partial charge in [-0.15, -0.1) is 0 Å². The molecule has 30 heavy (non-hydrogen) atoms. The van der Waals surface area contributed by atoms with Gasteiger partial charge in [0.2, 0.25) is 11.5 Å². The molecule has 1 aromatic heterocycles. The molecule has 11 heteroatoms. The molecule has 160 valence electrons. The summed E-state index contributed by atoms with van der Waals surface area (Å²) in [5.74, 6) is -1.99. The zero-order valence-electron chi connectivity index (χ0n) is 16.4. The number of esters is 1. The minimum Gasteiger partial charge on any atom is -0.464 e. The van der Waals surface area contributed by atoms with Gasteiger partial charge >= 0.3 is 17.3 Å². The van der Waals surface area contributed by atoms with E-state index in [9.17, 15) is 29.3 Å². The van der Waals surface area contributed by atoms with Gasteiger partial charge in [0, 0.05) is 24.4 Å². The van der Waals surface area contributed by atoms with Crippen LogP contribution in [0.2, 0.25) is 0 Å². The van der Waals surface area contributed by atoms with E-state index in [1.807, 2.05) is 0 Å². The van der Waals surface area contributed by atoms with E-state index in [1.54, 1.807) is 13.8 Å². The third-order valence-electron chi connectivity index (χ3n) is 4.09. The van der Waals surface area contributed by atoms with E-state index < -0.39 is 39.7 Å². The summed E-state index contributed by atoms with van der Waals surface area (Å²) < 4.78 is 9.90. The Kier molecular flexibility index (Phi) is 7.62. The standard InChI is InChI=1S/C19H21N3O8/c1-3-20-15(23)9-8-13(19(26)29-4-2)21-17(24)12-10-11-6-5-7-14(22(27)28)16(11)30-18(12)25/h5-7,10,13H,3-4,8-9H2,1-2H3,(H,20,23)(H,21,24). The third kappa shape index (κ3) is 5.40. The van der Waals surface area contributed by atoms with Crippen molar-refractivity contribution in [2.45, 2.75) is 32.7 Å². The Morgan fingerprint density at radius 1 is 1.27 bits per heavy atom. The number of nitrogens with one attached hydrogen (secondary N) is 2. The van der Waals surface area contributed by atoms with Gasteiger partial charge in [0.05, 0.1) is 11.5 Å². The molecule has 2 aromatic rings. The molecule has 0 saturated carbocycles. The van der Waals surface area contributed by atoms with Gasteiger partial charge in [-0.3, -0.25) is 19.7 Å². The lowest BCUT2D eigenvalue weighted by molar-refractivity contribution is -0.383. The monoisotopic (exact) mass is 419 g/mol. The molecule has 1 unspecified atom stereocenters. The molecule has 1 atom stereocenters. The number of nitrogens with zero attached hydrogens (tertiary/aromatic N) is 1. The quantitative estimate of drug-likeness (QED) is 0.266. The first-order valence-electron chi connectivity index (χ1n) is 9.23. The molecule has 0 spiro atoms. The van der Waals surface area contributed by atoms with Crippen molar-refractivity contribution in [1.82, 2.24) is 10.6 Å². The molecular formula is C19H21N3O8. The van der Waals surface area contributed by atoms with Crippen molar-refractivity contribution in [3.63, 3.8) is 0 Å². The van der Waals surface area contributed by atoms with Crippen LogP contribution in [0.25, 0.3) is 11.0 Å². The van der Waals surface area contributed by atoms with Crippen molar-refractivity contribution >= 4 is 34.4 Å². The average Bonchev–Trinajstić information content (AvgIpc) is 2.70. The van der Waals surface area contributed by atoms with Crippen LogP contribution >= 0.6 is 0 Å². The molecule has 0 bridgehead atoms. The summed E-state index contributed by atoms with van der Waals surface area (Å²) in [5.41, 5.74) is -2.21. The van der Waals surface area contributed by atoms with E-state index in [4.69, 9.17) is 9.15 Å². The molecule has 2 rings (SSSR count). The number of hydrogen-bond acceptors (Lipinski definition) is 8. The predicted molar refractivity (Wildman–Crippen MR) is 105 cm³/mol. The fourth-order valence-electron chi connectivity index (χ4n) is 2.72. The van der Waals surface area contributed by atoms with Crippen molar-refractivity contribution in [3.8, 4) is 0 Å². The Morgan fingerprint density at radius 3 is 2.63 bits per heavy atom. The SMILES string of the molecule is CCNC(=O)CCC(NC(=O)c1cc2cccc([N+](=O)[O-])c2oc1=O)C(=O)OCC. The summed E-state index contributed by atoms with van der Waals surface area (Å²) >= 11 is 0. The Morgan fingerprint density at radius 2 is 2.00 bits per heavy atom. The molecule has 1 aromatic carbocycles. The smallest absolute Gasteiger partial charge is 0.349 e. The molecular weight excluding hydrogens is 398 g/mol. The Labute approximate surface area is 170 Å². The minimum absolute atomic E-state index is 0.0409. The number of para-hydroxylation sites is 1. The number of rotatable bonds is 9. The van der Waals surface area contributed by atoms with Gasteiger partial charge in [-0.2, -0.15) is 0 Å². The van der Waals surface area contributed by atoms with Gasteiger partial charge < -0.3 is 19.8 Å². The van der Waals surface area contributed by atoms with Crippen LogP contribution in [0.15, 0.2) is 33.5 Å². The number of nitro benzene ring substituents is 1. The van der Waals surface area contributed by atoms with Gasteiger partial charge in [-0.05, 0) is 26.3 Å². The second-order valence-corrected chi connectivity index (χ2v) is 6.17. The molecule has 0 aliphatic carbocycles. The number of hydrogen-bond donors (Lipinski definition) is 2. The van der Waals surface area contributed by atoms with Gasteiger partial charge in [0.25, 0.3) is 5.91 Å². The lowest BCUT2D eigenvalue weighted by Gasteiger charge is -2.17. The van der Waals surface area contributed by atoms with E-state index in [-0.39, 0.29) is 36.3 Å². The molecule has 0 radical (unpaired) electrons. The normalized spacial score (nSPS) is 11.5. The van der Waals surface area contributed by atoms with Crippen LogP contribution in [0.1, 0.15) is 37.0 Å². The topological polar surface area (TPSA) is 158 Å². The lowest BCUT2D eigenvalue weighted by Crippen LogP contribution is -2.43. The summed E-state index contributed by atoms with van der Waals surface area (Å²) in [6.07, 6.45) is -0.0864. The van der Waals surface area contributed by atoms with Crippen molar-refractivity contribution in [2.75, 3.05) is 13.2 Å².